The minimum Gasteiger partial charge on any atom is -0.468 e. The van der Waals surface area contributed by atoms with Crippen LogP contribution in [0.15, 0.2) is 0 Å². The molecule has 0 atom stereocenters. The minimum atomic E-state index is -0.0642. The summed E-state index contributed by atoms with van der Waals surface area (Å²) in [6.45, 7) is 2.28. The van der Waals surface area contributed by atoms with Gasteiger partial charge in [-0.1, -0.05) is 58.3 Å². The zero-order valence-electron chi connectivity index (χ0n) is 9.48. The Morgan fingerprint density at radius 3 is 2.00 bits per heavy atom. The van der Waals surface area contributed by atoms with Gasteiger partial charge in [0.1, 0.15) is 20.2 Å². The van der Waals surface area contributed by atoms with E-state index in [2.05, 4.69) is 6.92 Å². The van der Waals surface area contributed by atoms with Gasteiger partial charge in [-0.15, -0.1) is 0 Å². The van der Waals surface area contributed by atoms with Crippen molar-refractivity contribution in [2.75, 3.05) is 0 Å². The molecule has 0 heterocycles. The second-order valence-electron chi connectivity index (χ2n) is 3.82. The molecule has 0 aliphatic carbocycles. The average molecular weight is 218 g/mol. The molecule has 0 saturated carbocycles. The molecule has 0 radical (unpaired) electrons. The largest absolute Gasteiger partial charge is 0.468 e. The summed E-state index contributed by atoms with van der Waals surface area (Å²) in [6.07, 6.45) is 11.5. The van der Waals surface area contributed by atoms with Gasteiger partial charge in [0.2, 0.25) is 0 Å². The van der Waals surface area contributed by atoms with Gasteiger partial charge in [-0.25, -0.2) is 0 Å². The molecule has 13 heavy (non-hydrogen) atoms. The highest BCUT2D eigenvalue weighted by Gasteiger charge is 1.91. The van der Waals surface area contributed by atoms with Crippen LogP contribution in [0.1, 0.15) is 58.3 Å². The van der Waals surface area contributed by atoms with Crippen LogP contribution in [0.2, 0.25) is 6.04 Å². The maximum atomic E-state index is 5.28. The van der Waals surface area contributed by atoms with Crippen molar-refractivity contribution in [3.63, 3.8) is 0 Å². The first-order chi connectivity index (χ1) is 6.41. The molecule has 0 spiro atoms. The molecule has 80 valence electrons. The van der Waals surface area contributed by atoms with E-state index in [1.54, 1.807) is 0 Å². The van der Waals surface area contributed by atoms with Crippen LogP contribution in [0, 0.1) is 0 Å². The predicted octanol–water partition coefficient (Wildman–Crippen LogP) is 1.93. The van der Waals surface area contributed by atoms with Crippen LogP contribution in [0.3, 0.4) is 0 Å². The fourth-order valence-electron chi connectivity index (χ4n) is 1.56. The second kappa shape index (κ2) is 12.4. The number of hydrogen-bond donors (Lipinski definition) is 0. The molecule has 0 rings (SSSR count). The van der Waals surface area contributed by atoms with Gasteiger partial charge < -0.3 is 4.12 Å². The van der Waals surface area contributed by atoms with Gasteiger partial charge in [0, 0.05) is 0 Å². The smallest absolute Gasteiger partial charge is 0.145 e. The first kappa shape index (κ1) is 13.4. The van der Waals surface area contributed by atoms with Crippen molar-refractivity contribution in [3.8, 4) is 0 Å². The summed E-state index contributed by atoms with van der Waals surface area (Å²) in [5.74, 6) is 0. The van der Waals surface area contributed by atoms with E-state index in [-0.39, 0.29) is 9.76 Å². The summed E-state index contributed by atoms with van der Waals surface area (Å²) in [5.41, 5.74) is 0. The highest BCUT2D eigenvalue weighted by Crippen LogP contribution is 2.09. The first-order valence-electron chi connectivity index (χ1n) is 5.90. The SMILES string of the molecule is CCCCCCCCCC[SiH2]O[SiH3]. The Balaban J connectivity index is 2.76. The molecule has 1 nitrogen and oxygen atoms in total. The predicted molar refractivity (Wildman–Crippen MR) is 67.0 cm³/mol. The summed E-state index contributed by atoms with van der Waals surface area (Å²) < 4.78 is 5.28. The molecule has 0 aliphatic heterocycles. The van der Waals surface area contributed by atoms with Crippen LogP contribution in [0.5, 0.6) is 0 Å². The van der Waals surface area contributed by atoms with E-state index >= 15 is 0 Å². The molecule has 0 amide bonds. The standard InChI is InChI=1S/C10H26OSi2/c1-2-3-4-5-6-7-8-9-10-13-11-12/h2-10,13H2,1,12H3. The molecule has 0 aromatic heterocycles. The Labute approximate surface area is 89.1 Å². The highest BCUT2D eigenvalue weighted by molar-refractivity contribution is 6.34. The van der Waals surface area contributed by atoms with Crippen molar-refractivity contribution in [1.29, 1.82) is 0 Å². The Morgan fingerprint density at radius 1 is 0.923 bits per heavy atom. The van der Waals surface area contributed by atoms with E-state index < -0.39 is 0 Å². The van der Waals surface area contributed by atoms with Gasteiger partial charge in [0.25, 0.3) is 0 Å². The lowest BCUT2D eigenvalue weighted by Crippen LogP contribution is -1.93. The van der Waals surface area contributed by atoms with Crippen LogP contribution >= 0.6 is 0 Å². The van der Waals surface area contributed by atoms with E-state index in [4.69, 9.17) is 4.12 Å². The molecule has 0 aliphatic rings. The number of rotatable bonds is 10. The van der Waals surface area contributed by atoms with Crippen molar-refractivity contribution in [2.24, 2.45) is 0 Å². The molecule has 0 aromatic carbocycles. The van der Waals surface area contributed by atoms with Crippen LogP contribution in [0.4, 0.5) is 0 Å². The van der Waals surface area contributed by atoms with Gasteiger partial charge in [-0.3, -0.25) is 0 Å². The lowest BCUT2D eigenvalue weighted by Gasteiger charge is -2.00. The molecular weight excluding hydrogens is 192 g/mol. The maximum Gasteiger partial charge on any atom is 0.145 e. The number of unbranched alkanes of at least 4 members (excludes halogenated alkanes) is 7. The third-order valence-corrected chi connectivity index (χ3v) is 4.87. The zero-order valence-corrected chi connectivity index (χ0v) is 12.9. The Hall–Kier alpha value is 0.394. The van der Waals surface area contributed by atoms with Gasteiger partial charge in [0.05, 0.1) is 0 Å². The van der Waals surface area contributed by atoms with Crippen molar-refractivity contribution in [3.05, 3.63) is 0 Å². The highest BCUT2D eigenvalue weighted by atomic mass is 28.3. The van der Waals surface area contributed by atoms with Crippen LogP contribution < -0.4 is 0 Å². The van der Waals surface area contributed by atoms with Crippen molar-refractivity contribution < 1.29 is 4.12 Å². The molecule has 3 heteroatoms. The van der Waals surface area contributed by atoms with E-state index in [9.17, 15) is 0 Å². The fraction of sp³-hybridized carbons (Fsp3) is 1.00. The van der Waals surface area contributed by atoms with E-state index in [0.29, 0.717) is 0 Å². The lowest BCUT2D eigenvalue weighted by atomic mass is 10.1. The van der Waals surface area contributed by atoms with Crippen molar-refractivity contribution in [1.82, 2.24) is 0 Å². The van der Waals surface area contributed by atoms with Gasteiger partial charge >= 0.3 is 0 Å². The third kappa shape index (κ3) is 12.4. The normalized spacial score (nSPS) is 11.8. The van der Waals surface area contributed by atoms with E-state index in [1.165, 1.54) is 57.4 Å². The monoisotopic (exact) mass is 218 g/mol. The van der Waals surface area contributed by atoms with Gasteiger partial charge in [0.15, 0.2) is 0 Å². The average Bonchev–Trinajstić information content (AvgIpc) is 2.16. The summed E-state index contributed by atoms with van der Waals surface area (Å²) in [5, 5.41) is 0. The Morgan fingerprint density at radius 2 is 1.46 bits per heavy atom. The first-order valence-corrected chi connectivity index (χ1v) is 8.30. The number of hydrogen-bond acceptors (Lipinski definition) is 1. The third-order valence-electron chi connectivity index (χ3n) is 2.45. The topological polar surface area (TPSA) is 9.23 Å². The Bertz CT molecular complexity index is 79.0. The minimum absolute atomic E-state index is 0.0642. The van der Waals surface area contributed by atoms with Crippen molar-refractivity contribution >= 4 is 20.2 Å². The summed E-state index contributed by atoms with van der Waals surface area (Å²) in [6, 6.07) is 1.42. The molecule has 0 N–H and O–H groups in total. The molecule has 0 unspecified atom stereocenters. The molecule has 0 saturated heterocycles. The molecule has 0 aromatic rings. The van der Waals surface area contributed by atoms with Gasteiger partial charge in [-0.2, -0.15) is 0 Å². The van der Waals surface area contributed by atoms with E-state index in [1.807, 2.05) is 0 Å². The summed E-state index contributed by atoms with van der Waals surface area (Å²) >= 11 is 0. The summed E-state index contributed by atoms with van der Waals surface area (Å²) in [7, 11) is 0.907. The molecule has 0 bridgehead atoms. The van der Waals surface area contributed by atoms with Crippen LogP contribution in [0.25, 0.3) is 0 Å². The van der Waals surface area contributed by atoms with Gasteiger partial charge in [-0.05, 0) is 6.04 Å². The lowest BCUT2D eigenvalue weighted by molar-refractivity contribution is 0.579. The second-order valence-corrected chi connectivity index (χ2v) is 7.25. The van der Waals surface area contributed by atoms with Crippen LogP contribution in [-0.2, 0) is 4.12 Å². The van der Waals surface area contributed by atoms with Crippen molar-refractivity contribution in [2.45, 2.75) is 64.3 Å². The zero-order chi connectivity index (χ0) is 9.78. The van der Waals surface area contributed by atoms with Crippen LogP contribution in [-0.4, -0.2) is 20.2 Å². The maximum absolute atomic E-state index is 5.28. The van der Waals surface area contributed by atoms with E-state index in [0.717, 1.165) is 10.5 Å². The molecule has 0 fully saturated rings. The Kier molecular flexibility index (Phi) is 12.8. The molecular formula is C10H26OSi2. The summed E-state index contributed by atoms with van der Waals surface area (Å²) in [4.78, 5) is 0. The quantitative estimate of drug-likeness (QED) is 0.402. The fourth-order valence-corrected chi connectivity index (χ4v) is 3.27.